The second-order valence-electron chi connectivity index (χ2n) is 6.65. The molecule has 0 bridgehead atoms. The third-order valence-corrected chi connectivity index (χ3v) is 4.70. The van der Waals surface area contributed by atoms with E-state index in [0.717, 1.165) is 12.8 Å². The predicted octanol–water partition coefficient (Wildman–Crippen LogP) is 4.20. The fourth-order valence-corrected chi connectivity index (χ4v) is 3.37. The first-order chi connectivity index (χ1) is 9.55. The number of hydrogen-bond donors (Lipinski definition) is 1. The zero-order valence-corrected chi connectivity index (χ0v) is 13.8. The number of likely N-dealkylation sites (tertiary alicyclic amines) is 1. The van der Waals surface area contributed by atoms with E-state index in [0.29, 0.717) is 6.42 Å². The molecule has 1 amide bonds. The maximum absolute atomic E-state index is 11.9. The monoisotopic (exact) mass is 282 g/mol. The van der Waals surface area contributed by atoms with E-state index in [9.17, 15) is 4.79 Å². The van der Waals surface area contributed by atoms with Gasteiger partial charge >= 0.3 is 0 Å². The number of nitrogens with two attached hydrogens (primary N) is 1. The van der Waals surface area contributed by atoms with Gasteiger partial charge in [-0.25, -0.2) is 0 Å². The highest BCUT2D eigenvalue weighted by Gasteiger charge is 2.44. The van der Waals surface area contributed by atoms with E-state index in [1.807, 2.05) is 4.90 Å². The molecule has 2 N–H and O–H groups in total. The third-order valence-electron chi connectivity index (χ3n) is 4.70. The summed E-state index contributed by atoms with van der Waals surface area (Å²) in [6.45, 7) is 6.72. The van der Waals surface area contributed by atoms with Gasteiger partial charge in [-0.15, -0.1) is 0 Å². The summed E-state index contributed by atoms with van der Waals surface area (Å²) >= 11 is 0. The SMILES string of the molecule is CCCCCCCC(C)(CCCCC)N1C(=O)CC1N. The lowest BCUT2D eigenvalue weighted by Crippen LogP contribution is -2.66. The molecule has 20 heavy (non-hydrogen) atoms. The predicted molar refractivity (Wildman–Crippen MR) is 85.4 cm³/mol. The van der Waals surface area contributed by atoms with Crippen molar-refractivity contribution in [3.05, 3.63) is 0 Å². The second kappa shape index (κ2) is 8.66. The van der Waals surface area contributed by atoms with E-state index in [1.54, 1.807) is 0 Å². The first-order valence-corrected chi connectivity index (χ1v) is 8.63. The second-order valence-corrected chi connectivity index (χ2v) is 6.65. The van der Waals surface area contributed by atoms with E-state index >= 15 is 0 Å². The van der Waals surface area contributed by atoms with Crippen LogP contribution in [0.5, 0.6) is 0 Å². The molecule has 0 saturated carbocycles. The molecule has 1 rings (SSSR count). The summed E-state index contributed by atoms with van der Waals surface area (Å²) in [6, 6.07) is 0. The average Bonchev–Trinajstić information content (AvgIpc) is 2.38. The fraction of sp³-hybridized carbons (Fsp3) is 0.941. The standard InChI is InChI=1S/C17H34N2O/c1-4-6-8-9-11-13-17(3,12-10-7-5-2)19-15(18)14-16(19)20/h15H,4-14,18H2,1-3H3. The smallest absolute Gasteiger partial charge is 0.227 e. The molecule has 3 heteroatoms. The number of β-lactam (4-membered cyclic amide) rings is 1. The lowest BCUT2D eigenvalue weighted by Gasteiger charge is -2.51. The highest BCUT2D eigenvalue weighted by Crippen LogP contribution is 2.35. The van der Waals surface area contributed by atoms with Gasteiger partial charge in [0.25, 0.3) is 0 Å². The molecule has 118 valence electrons. The van der Waals surface area contributed by atoms with Gasteiger partial charge in [0.05, 0.1) is 12.6 Å². The summed E-state index contributed by atoms with van der Waals surface area (Å²) in [5, 5.41) is 0. The molecule has 0 aromatic rings. The molecule has 3 nitrogen and oxygen atoms in total. The van der Waals surface area contributed by atoms with Crippen molar-refractivity contribution in [1.29, 1.82) is 0 Å². The minimum absolute atomic E-state index is 0.00383. The molecule has 0 aromatic carbocycles. The van der Waals surface area contributed by atoms with Crippen molar-refractivity contribution >= 4 is 5.91 Å². The summed E-state index contributed by atoms with van der Waals surface area (Å²) in [7, 11) is 0. The van der Waals surface area contributed by atoms with Crippen molar-refractivity contribution in [3.8, 4) is 0 Å². The van der Waals surface area contributed by atoms with Gasteiger partial charge in [-0.05, 0) is 19.8 Å². The fourth-order valence-electron chi connectivity index (χ4n) is 3.37. The first-order valence-electron chi connectivity index (χ1n) is 8.63. The molecular formula is C17H34N2O. The lowest BCUT2D eigenvalue weighted by molar-refractivity contribution is -0.157. The van der Waals surface area contributed by atoms with Crippen molar-refractivity contribution in [1.82, 2.24) is 4.90 Å². The highest BCUT2D eigenvalue weighted by atomic mass is 16.2. The van der Waals surface area contributed by atoms with Crippen LogP contribution in [0.1, 0.15) is 91.4 Å². The van der Waals surface area contributed by atoms with Crippen molar-refractivity contribution in [2.24, 2.45) is 5.73 Å². The van der Waals surface area contributed by atoms with Crippen molar-refractivity contribution in [2.45, 2.75) is 103 Å². The van der Waals surface area contributed by atoms with Gasteiger partial charge in [0, 0.05) is 5.54 Å². The minimum Gasteiger partial charge on any atom is -0.321 e. The maximum atomic E-state index is 11.9. The van der Waals surface area contributed by atoms with Crippen LogP contribution in [0.2, 0.25) is 0 Å². The first kappa shape index (κ1) is 17.5. The number of carbonyl (C=O) groups excluding carboxylic acids is 1. The average molecular weight is 282 g/mol. The van der Waals surface area contributed by atoms with Gasteiger partial charge in [0.2, 0.25) is 5.91 Å². The van der Waals surface area contributed by atoms with E-state index in [1.165, 1.54) is 51.4 Å². The lowest BCUT2D eigenvalue weighted by atomic mass is 9.83. The van der Waals surface area contributed by atoms with Gasteiger partial charge in [0.15, 0.2) is 0 Å². The molecule has 1 saturated heterocycles. The quantitative estimate of drug-likeness (QED) is 0.456. The number of unbranched alkanes of at least 4 members (excludes halogenated alkanes) is 6. The van der Waals surface area contributed by atoms with Crippen molar-refractivity contribution < 1.29 is 4.79 Å². The summed E-state index contributed by atoms with van der Waals surface area (Å²) in [5.41, 5.74) is 6.06. The Balaban J connectivity index is 2.47. The summed E-state index contributed by atoms with van der Waals surface area (Å²) in [4.78, 5) is 13.9. The zero-order chi connectivity index (χ0) is 15.0. The van der Waals surface area contributed by atoms with Crippen LogP contribution in [0.3, 0.4) is 0 Å². The molecule has 0 spiro atoms. The molecular weight excluding hydrogens is 248 g/mol. The Bertz CT molecular complexity index is 293. The maximum Gasteiger partial charge on any atom is 0.227 e. The molecule has 2 atom stereocenters. The number of amides is 1. The van der Waals surface area contributed by atoms with E-state index < -0.39 is 0 Å². The van der Waals surface area contributed by atoms with Gasteiger partial charge in [-0.2, -0.15) is 0 Å². The molecule has 1 aliphatic rings. The Morgan fingerprint density at radius 2 is 1.55 bits per heavy atom. The topological polar surface area (TPSA) is 46.3 Å². The van der Waals surface area contributed by atoms with E-state index in [-0.39, 0.29) is 17.6 Å². The number of hydrogen-bond acceptors (Lipinski definition) is 2. The molecule has 0 radical (unpaired) electrons. The van der Waals surface area contributed by atoms with Crippen LogP contribution in [-0.2, 0) is 4.79 Å². The van der Waals surface area contributed by atoms with Crippen LogP contribution in [0.4, 0.5) is 0 Å². The summed E-state index contributed by atoms with van der Waals surface area (Å²) < 4.78 is 0. The third kappa shape index (κ3) is 4.76. The molecule has 1 heterocycles. The Kier molecular flexibility index (Phi) is 7.57. The van der Waals surface area contributed by atoms with Crippen LogP contribution in [0.15, 0.2) is 0 Å². The van der Waals surface area contributed by atoms with Gasteiger partial charge < -0.3 is 10.6 Å². The Morgan fingerprint density at radius 3 is 2.05 bits per heavy atom. The van der Waals surface area contributed by atoms with Crippen LogP contribution >= 0.6 is 0 Å². The summed E-state index contributed by atoms with van der Waals surface area (Å²) in [5.74, 6) is 0.255. The van der Waals surface area contributed by atoms with E-state index in [2.05, 4.69) is 20.8 Å². The van der Waals surface area contributed by atoms with Gasteiger partial charge in [-0.3, -0.25) is 4.79 Å². The van der Waals surface area contributed by atoms with Crippen molar-refractivity contribution in [2.75, 3.05) is 0 Å². The zero-order valence-electron chi connectivity index (χ0n) is 13.8. The van der Waals surface area contributed by atoms with Crippen molar-refractivity contribution in [3.63, 3.8) is 0 Å². The van der Waals surface area contributed by atoms with Crippen LogP contribution in [-0.4, -0.2) is 22.5 Å². The number of rotatable bonds is 11. The number of carbonyl (C=O) groups is 1. The Labute approximate surface area is 125 Å². The van der Waals surface area contributed by atoms with Gasteiger partial charge in [0.1, 0.15) is 0 Å². The van der Waals surface area contributed by atoms with Gasteiger partial charge in [-0.1, -0.05) is 65.2 Å². The molecule has 2 unspecified atom stereocenters. The van der Waals surface area contributed by atoms with Crippen LogP contribution in [0.25, 0.3) is 0 Å². The molecule has 1 aliphatic heterocycles. The minimum atomic E-state index is -0.0373. The molecule has 0 aliphatic carbocycles. The Morgan fingerprint density at radius 1 is 1.05 bits per heavy atom. The van der Waals surface area contributed by atoms with Crippen LogP contribution < -0.4 is 5.73 Å². The van der Waals surface area contributed by atoms with E-state index in [4.69, 9.17) is 5.73 Å². The number of nitrogens with zero attached hydrogens (tertiary/aromatic N) is 1. The van der Waals surface area contributed by atoms with Crippen LogP contribution in [0, 0.1) is 0 Å². The Hall–Kier alpha value is -0.570. The molecule has 0 aromatic heterocycles. The summed E-state index contributed by atoms with van der Waals surface area (Å²) in [6.07, 6.45) is 12.8. The largest absolute Gasteiger partial charge is 0.321 e. The molecule has 1 fully saturated rings. The highest BCUT2D eigenvalue weighted by molar-refractivity contribution is 5.83. The normalized spacial score (nSPS) is 21.7.